The first kappa shape index (κ1) is 14.7. The van der Waals surface area contributed by atoms with Gasteiger partial charge in [0.25, 0.3) is 0 Å². The Bertz CT molecular complexity index is 226. The molecule has 0 radical (unpaired) electrons. The molecule has 0 N–H and O–H groups in total. The zero-order chi connectivity index (χ0) is 11.8. The first-order chi connectivity index (χ1) is 7.01. The van der Waals surface area contributed by atoms with Crippen LogP contribution in [0.15, 0.2) is 23.3 Å². The average Bonchev–Trinajstić information content (AvgIpc) is 2.21. The van der Waals surface area contributed by atoms with Gasteiger partial charge in [0.05, 0.1) is 5.38 Å². The van der Waals surface area contributed by atoms with Crippen LogP contribution in [0.5, 0.6) is 0 Å². The lowest BCUT2D eigenvalue weighted by Gasteiger charge is -2.13. The lowest BCUT2D eigenvalue weighted by atomic mass is 10.1. The Hall–Kier alpha value is -0.310. The first-order valence-electron chi connectivity index (χ1n) is 5.02. The molecule has 0 aliphatic rings. The van der Waals surface area contributed by atoms with E-state index in [0.29, 0.717) is 0 Å². The Kier molecular flexibility index (Phi) is 7.75. The van der Waals surface area contributed by atoms with Crippen molar-refractivity contribution in [2.75, 3.05) is 14.2 Å². The Balaban J connectivity index is 4.29. The summed E-state index contributed by atoms with van der Waals surface area (Å²) in [7, 11) is 3.22. The summed E-state index contributed by atoms with van der Waals surface area (Å²) in [4.78, 5) is 0. The lowest BCUT2D eigenvalue weighted by molar-refractivity contribution is -0.0671. The largest absolute Gasteiger partial charge is 0.352 e. The molecule has 0 saturated heterocycles. The van der Waals surface area contributed by atoms with Gasteiger partial charge >= 0.3 is 0 Å². The minimum absolute atomic E-state index is 0.00713. The normalized spacial score (nSPS) is 14.2. The summed E-state index contributed by atoms with van der Waals surface area (Å²) < 4.78 is 10.1. The van der Waals surface area contributed by atoms with Crippen molar-refractivity contribution >= 4 is 11.6 Å². The Morgan fingerprint density at radius 2 is 1.73 bits per heavy atom. The smallest absolute Gasteiger partial charge is 0.176 e. The fraction of sp³-hybridized carbons (Fsp3) is 0.667. The number of allylic oxidation sites excluding steroid dienone is 3. The Morgan fingerprint density at radius 1 is 1.20 bits per heavy atom. The Morgan fingerprint density at radius 3 is 2.13 bits per heavy atom. The van der Waals surface area contributed by atoms with E-state index in [0.717, 1.165) is 12.0 Å². The maximum Gasteiger partial charge on any atom is 0.176 e. The van der Waals surface area contributed by atoms with Crippen LogP contribution in [0.25, 0.3) is 0 Å². The molecule has 0 amide bonds. The van der Waals surface area contributed by atoms with E-state index in [1.807, 2.05) is 13.0 Å². The summed E-state index contributed by atoms with van der Waals surface area (Å²) in [6, 6.07) is 0. The van der Waals surface area contributed by atoms with E-state index >= 15 is 0 Å². The van der Waals surface area contributed by atoms with E-state index in [1.54, 1.807) is 14.2 Å². The van der Waals surface area contributed by atoms with Crippen molar-refractivity contribution in [3.05, 3.63) is 23.3 Å². The highest BCUT2D eigenvalue weighted by Crippen LogP contribution is 2.16. The molecular weight excluding hydrogens is 212 g/mol. The predicted octanol–water partition coefficient (Wildman–Crippen LogP) is 3.52. The quantitative estimate of drug-likeness (QED) is 0.396. The van der Waals surface area contributed by atoms with Crippen LogP contribution in [0.2, 0.25) is 0 Å². The van der Waals surface area contributed by atoms with Crippen molar-refractivity contribution < 1.29 is 9.47 Å². The number of hydrogen-bond acceptors (Lipinski definition) is 2. The van der Waals surface area contributed by atoms with Crippen molar-refractivity contribution in [2.45, 2.75) is 38.9 Å². The SMILES string of the molecule is COC(C=C(C)C(Cl)CC=C(C)C)OC. The summed E-state index contributed by atoms with van der Waals surface area (Å²) in [5.41, 5.74) is 2.35. The molecule has 0 rings (SSSR count). The topological polar surface area (TPSA) is 18.5 Å². The monoisotopic (exact) mass is 232 g/mol. The van der Waals surface area contributed by atoms with Crippen LogP contribution < -0.4 is 0 Å². The summed E-state index contributed by atoms with van der Waals surface area (Å²) in [5, 5.41) is 0.00713. The van der Waals surface area contributed by atoms with Gasteiger partial charge in [-0.2, -0.15) is 0 Å². The van der Waals surface area contributed by atoms with E-state index in [9.17, 15) is 0 Å². The molecule has 0 aromatic carbocycles. The standard InChI is InChI=1S/C12H21ClO2/c1-9(2)6-7-11(13)10(3)8-12(14-4)15-5/h6,8,11-12H,7H2,1-5H3. The minimum atomic E-state index is -0.307. The average molecular weight is 233 g/mol. The van der Waals surface area contributed by atoms with Gasteiger partial charge in [-0.3, -0.25) is 0 Å². The maximum absolute atomic E-state index is 6.21. The summed E-state index contributed by atoms with van der Waals surface area (Å²) in [6.07, 6.45) is 4.56. The first-order valence-corrected chi connectivity index (χ1v) is 5.46. The van der Waals surface area contributed by atoms with Crippen LogP contribution in [0, 0.1) is 0 Å². The van der Waals surface area contributed by atoms with Gasteiger partial charge in [0.1, 0.15) is 0 Å². The molecule has 15 heavy (non-hydrogen) atoms. The molecule has 0 fully saturated rings. The maximum atomic E-state index is 6.21. The van der Waals surface area contributed by atoms with Crippen LogP contribution >= 0.6 is 11.6 Å². The van der Waals surface area contributed by atoms with Crippen molar-refractivity contribution in [2.24, 2.45) is 0 Å². The van der Waals surface area contributed by atoms with Crippen LogP contribution in [0.3, 0.4) is 0 Å². The molecule has 0 aliphatic heterocycles. The summed E-state index contributed by atoms with van der Waals surface area (Å²) >= 11 is 6.21. The van der Waals surface area contributed by atoms with Crippen LogP contribution in [-0.2, 0) is 9.47 Å². The number of ether oxygens (including phenoxy) is 2. The molecule has 0 aromatic heterocycles. The van der Waals surface area contributed by atoms with Gasteiger partial charge in [-0.05, 0) is 33.3 Å². The van der Waals surface area contributed by atoms with E-state index in [-0.39, 0.29) is 11.7 Å². The number of rotatable bonds is 6. The summed E-state index contributed by atoms with van der Waals surface area (Å²) in [5.74, 6) is 0. The number of halogens is 1. The van der Waals surface area contributed by atoms with Crippen molar-refractivity contribution in [1.82, 2.24) is 0 Å². The zero-order valence-corrected chi connectivity index (χ0v) is 11.0. The zero-order valence-electron chi connectivity index (χ0n) is 10.2. The molecule has 0 heterocycles. The van der Waals surface area contributed by atoms with Gasteiger partial charge in [0.2, 0.25) is 0 Å². The van der Waals surface area contributed by atoms with E-state index in [2.05, 4.69) is 19.9 Å². The molecule has 0 aliphatic carbocycles. The molecule has 0 bridgehead atoms. The third kappa shape index (κ3) is 6.72. The highest BCUT2D eigenvalue weighted by atomic mass is 35.5. The molecule has 88 valence electrons. The third-order valence-corrected chi connectivity index (χ3v) is 2.61. The molecular formula is C12H21ClO2. The van der Waals surface area contributed by atoms with Crippen LogP contribution in [0.4, 0.5) is 0 Å². The van der Waals surface area contributed by atoms with Crippen LogP contribution in [-0.4, -0.2) is 25.9 Å². The van der Waals surface area contributed by atoms with E-state index < -0.39 is 0 Å². The van der Waals surface area contributed by atoms with Gasteiger partial charge in [-0.15, -0.1) is 11.6 Å². The van der Waals surface area contributed by atoms with Gasteiger partial charge in [0, 0.05) is 14.2 Å². The fourth-order valence-corrected chi connectivity index (χ4v) is 1.24. The van der Waals surface area contributed by atoms with Gasteiger partial charge in [0.15, 0.2) is 6.29 Å². The number of methoxy groups -OCH3 is 2. The highest BCUT2D eigenvalue weighted by Gasteiger charge is 2.08. The fourth-order valence-electron chi connectivity index (χ4n) is 1.08. The second-order valence-corrected chi connectivity index (χ2v) is 4.26. The van der Waals surface area contributed by atoms with Crippen LogP contribution in [0.1, 0.15) is 27.2 Å². The highest BCUT2D eigenvalue weighted by molar-refractivity contribution is 6.22. The second kappa shape index (κ2) is 7.91. The minimum Gasteiger partial charge on any atom is -0.352 e. The molecule has 0 aromatic rings. The van der Waals surface area contributed by atoms with Crippen molar-refractivity contribution in [3.8, 4) is 0 Å². The lowest BCUT2D eigenvalue weighted by Crippen LogP contribution is -2.12. The molecule has 2 nitrogen and oxygen atoms in total. The van der Waals surface area contributed by atoms with Crippen molar-refractivity contribution in [1.29, 1.82) is 0 Å². The molecule has 0 spiro atoms. The predicted molar refractivity (Wildman–Crippen MR) is 65.3 cm³/mol. The number of alkyl halides is 1. The van der Waals surface area contributed by atoms with Crippen molar-refractivity contribution in [3.63, 3.8) is 0 Å². The third-order valence-electron chi connectivity index (χ3n) is 2.09. The summed E-state index contributed by atoms with van der Waals surface area (Å²) in [6.45, 7) is 6.12. The van der Waals surface area contributed by atoms with E-state index in [1.165, 1.54) is 5.57 Å². The van der Waals surface area contributed by atoms with Gasteiger partial charge in [-0.25, -0.2) is 0 Å². The molecule has 1 unspecified atom stereocenters. The van der Waals surface area contributed by atoms with Gasteiger partial charge < -0.3 is 9.47 Å². The van der Waals surface area contributed by atoms with Gasteiger partial charge in [-0.1, -0.05) is 17.2 Å². The molecule has 0 saturated carbocycles. The number of hydrogen-bond donors (Lipinski definition) is 0. The Labute approximate surface area is 97.9 Å². The molecule has 3 heteroatoms. The second-order valence-electron chi connectivity index (χ2n) is 3.74. The van der Waals surface area contributed by atoms with E-state index in [4.69, 9.17) is 21.1 Å². The molecule has 1 atom stereocenters.